The highest BCUT2D eigenvalue weighted by molar-refractivity contribution is 5.74. The Morgan fingerprint density at radius 2 is 1.60 bits per heavy atom. The molecule has 0 aliphatic rings. The molecule has 0 aliphatic carbocycles. The van der Waals surface area contributed by atoms with Crippen molar-refractivity contribution in [2.75, 3.05) is 21.3 Å². The third-order valence-corrected chi connectivity index (χ3v) is 3.86. The first kappa shape index (κ1) is 18.4. The van der Waals surface area contributed by atoms with Crippen LogP contribution < -0.4 is 24.8 Å². The summed E-state index contributed by atoms with van der Waals surface area (Å²) in [6.07, 6.45) is 0. The van der Waals surface area contributed by atoms with Gasteiger partial charge in [-0.15, -0.1) is 0 Å². The number of hydrogen-bond acceptors (Lipinski definition) is 4. The van der Waals surface area contributed by atoms with E-state index in [2.05, 4.69) is 10.6 Å². The van der Waals surface area contributed by atoms with Crippen molar-refractivity contribution in [2.45, 2.75) is 19.5 Å². The molecule has 25 heavy (non-hydrogen) atoms. The summed E-state index contributed by atoms with van der Waals surface area (Å²) in [5.41, 5.74) is 1.84. The number of ether oxygens (including phenoxy) is 3. The monoisotopic (exact) mass is 344 g/mol. The minimum absolute atomic E-state index is 0.235. The number of benzene rings is 2. The Hall–Kier alpha value is -2.89. The Labute approximate surface area is 148 Å². The van der Waals surface area contributed by atoms with Crippen LogP contribution in [0.1, 0.15) is 24.1 Å². The second-order valence-corrected chi connectivity index (χ2v) is 5.50. The molecule has 0 aromatic heterocycles. The Kier molecular flexibility index (Phi) is 6.51. The predicted molar refractivity (Wildman–Crippen MR) is 96.3 cm³/mol. The van der Waals surface area contributed by atoms with Crippen LogP contribution in [0.15, 0.2) is 42.5 Å². The molecule has 0 saturated carbocycles. The van der Waals surface area contributed by atoms with Crippen molar-refractivity contribution in [2.24, 2.45) is 0 Å². The van der Waals surface area contributed by atoms with Crippen molar-refractivity contribution in [1.29, 1.82) is 0 Å². The average molecular weight is 344 g/mol. The number of carbonyl (C=O) groups is 1. The standard InChI is InChI=1S/C19H24N2O4/c1-13(17-11-16(24-3)9-10-18(17)25-4)21-19(22)20-12-14-5-7-15(23-2)8-6-14/h5-11,13H,12H2,1-4H3,(H2,20,21,22). The largest absolute Gasteiger partial charge is 0.497 e. The molecule has 0 bridgehead atoms. The lowest BCUT2D eigenvalue weighted by molar-refractivity contribution is 0.237. The summed E-state index contributed by atoms with van der Waals surface area (Å²) in [5.74, 6) is 2.19. The van der Waals surface area contributed by atoms with Gasteiger partial charge in [-0.25, -0.2) is 4.79 Å². The zero-order valence-electron chi connectivity index (χ0n) is 15.0. The minimum Gasteiger partial charge on any atom is -0.497 e. The van der Waals surface area contributed by atoms with Gasteiger partial charge in [0, 0.05) is 12.1 Å². The molecule has 0 spiro atoms. The van der Waals surface area contributed by atoms with E-state index in [0.717, 1.165) is 16.9 Å². The maximum absolute atomic E-state index is 12.2. The Balaban J connectivity index is 1.95. The lowest BCUT2D eigenvalue weighted by Crippen LogP contribution is -2.36. The summed E-state index contributed by atoms with van der Waals surface area (Å²) < 4.78 is 15.7. The molecule has 0 heterocycles. The highest BCUT2D eigenvalue weighted by atomic mass is 16.5. The van der Waals surface area contributed by atoms with E-state index in [0.29, 0.717) is 18.0 Å². The smallest absolute Gasteiger partial charge is 0.315 e. The second kappa shape index (κ2) is 8.82. The Bertz CT molecular complexity index is 701. The lowest BCUT2D eigenvalue weighted by Gasteiger charge is -2.18. The fraction of sp³-hybridized carbons (Fsp3) is 0.316. The van der Waals surface area contributed by atoms with Gasteiger partial charge < -0.3 is 24.8 Å². The van der Waals surface area contributed by atoms with Crippen LogP contribution in [0.25, 0.3) is 0 Å². The maximum atomic E-state index is 12.2. The van der Waals surface area contributed by atoms with Gasteiger partial charge in [0.05, 0.1) is 27.4 Å². The molecule has 2 aromatic carbocycles. The summed E-state index contributed by atoms with van der Waals surface area (Å²) in [4.78, 5) is 12.2. The third-order valence-electron chi connectivity index (χ3n) is 3.86. The van der Waals surface area contributed by atoms with Crippen LogP contribution in [0, 0.1) is 0 Å². The van der Waals surface area contributed by atoms with E-state index in [1.807, 2.05) is 49.4 Å². The van der Waals surface area contributed by atoms with Crippen molar-refractivity contribution >= 4 is 6.03 Å². The van der Waals surface area contributed by atoms with E-state index < -0.39 is 0 Å². The minimum atomic E-state index is -0.256. The lowest BCUT2D eigenvalue weighted by atomic mass is 10.1. The summed E-state index contributed by atoms with van der Waals surface area (Å²) in [6, 6.07) is 12.5. The summed E-state index contributed by atoms with van der Waals surface area (Å²) >= 11 is 0. The quantitative estimate of drug-likeness (QED) is 0.809. The van der Waals surface area contributed by atoms with Crippen molar-refractivity contribution in [3.63, 3.8) is 0 Å². The number of urea groups is 1. The molecule has 6 nitrogen and oxygen atoms in total. The van der Waals surface area contributed by atoms with Crippen LogP contribution >= 0.6 is 0 Å². The van der Waals surface area contributed by atoms with Gasteiger partial charge in [-0.3, -0.25) is 0 Å². The van der Waals surface area contributed by atoms with Crippen LogP contribution in [0.4, 0.5) is 4.79 Å². The van der Waals surface area contributed by atoms with Crippen molar-refractivity contribution < 1.29 is 19.0 Å². The highest BCUT2D eigenvalue weighted by Crippen LogP contribution is 2.29. The molecule has 2 aromatic rings. The molecule has 6 heteroatoms. The van der Waals surface area contributed by atoms with E-state index in [4.69, 9.17) is 14.2 Å². The third kappa shape index (κ3) is 5.04. The second-order valence-electron chi connectivity index (χ2n) is 5.50. The predicted octanol–water partition coefficient (Wildman–Crippen LogP) is 3.27. The molecule has 134 valence electrons. The Morgan fingerprint density at radius 3 is 2.20 bits per heavy atom. The molecule has 0 radical (unpaired) electrons. The number of rotatable bonds is 7. The van der Waals surface area contributed by atoms with Gasteiger partial charge in [0.25, 0.3) is 0 Å². The first-order valence-corrected chi connectivity index (χ1v) is 7.96. The topological polar surface area (TPSA) is 68.8 Å². The number of hydrogen-bond donors (Lipinski definition) is 2. The van der Waals surface area contributed by atoms with E-state index in [1.54, 1.807) is 21.3 Å². The number of methoxy groups -OCH3 is 3. The molecule has 1 unspecified atom stereocenters. The molecule has 2 N–H and O–H groups in total. The van der Waals surface area contributed by atoms with Crippen molar-refractivity contribution in [3.8, 4) is 17.2 Å². The molecule has 0 saturated heterocycles. The van der Waals surface area contributed by atoms with Gasteiger partial charge in [-0.1, -0.05) is 12.1 Å². The first-order chi connectivity index (χ1) is 12.1. The summed E-state index contributed by atoms with van der Waals surface area (Å²) in [5, 5.41) is 5.74. The zero-order valence-corrected chi connectivity index (χ0v) is 15.0. The van der Waals surface area contributed by atoms with Gasteiger partial charge in [-0.2, -0.15) is 0 Å². The first-order valence-electron chi connectivity index (χ1n) is 7.96. The van der Waals surface area contributed by atoms with Crippen LogP contribution in [-0.4, -0.2) is 27.4 Å². The van der Waals surface area contributed by atoms with Gasteiger partial charge in [-0.05, 0) is 42.8 Å². The highest BCUT2D eigenvalue weighted by Gasteiger charge is 2.15. The van der Waals surface area contributed by atoms with E-state index in [9.17, 15) is 4.79 Å². The molecule has 0 aliphatic heterocycles. The van der Waals surface area contributed by atoms with Crippen LogP contribution in [0.2, 0.25) is 0 Å². The molecule has 1 atom stereocenters. The molecule has 2 rings (SSSR count). The van der Waals surface area contributed by atoms with E-state index >= 15 is 0 Å². The summed E-state index contributed by atoms with van der Waals surface area (Å²) in [6.45, 7) is 2.32. The SMILES string of the molecule is COc1ccc(CNC(=O)NC(C)c2cc(OC)ccc2OC)cc1. The number of amides is 2. The molecule has 2 amide bonds. The fourth-order valence-electron chi connectivity index (χ4n) is 2.43. The van der Waals surface area contributed by atoms with Crippen LogP contribution in [0.3, 0.4) is 0 Å². The van der Waals surface area contributed by atoms with Crippen molar-refractivity contribution in [3.05, 3.63) is 53.6 Å². The molecular formula is C19H24N2O4. The molecular weight excluding hydrogens is 320 g/mol. The fourth-order valence-corrected chi connectivity index (χ4v) is 2.43. The van der Waals surface area contributed by atoms with E-state index in [1.165, 1.54) is 0 Å². The van der Waals surface area contributed by atoms with Gasteiger partial charge in [0.2, 0.25) is 0 Å². The maximum Gasteiger partial charge on any atom is 0.315 e. The van der Waals surface area contributed by atoms with Gasteiger partial charge >= 0.3 is 6.03 Å². The van der Waals surface area contributed by atoms with Crippen molar-refractivity contribution in [1.82, 2.24) is 10.6 Å². The average Bonchev–Trinajstić information content (AvgIpc) is 2.66. The number of nitrogens with one attached hydrogen (secondary N) is 2. The zero-order chi connectivity index (χ0) is 18.2. The van der Waals surface area contributed by atoms with Crippen LogP contribution in [0.5, 0.6) is 17.2 Å². The Morgan fingerprint density at radius 1 is 0.960 bits per heavy atom. The molecule has 0 fully saturated rings. The van der Waals surface area contributed by atoms with Gasteiger partial charge in [0.1, 0.15) is 17.2 Å². The normalized spacial score (nSPS) is 11.4. The van der Waals surface area contributed by atoms with Crippen LogP contribution in [-0.2, 0) is 6.54 Å². The summed E-state index contributed by atoms with van der Waals surface area (Å²) in [7, 11) is 4.82. The number of carbonyl (C=O) groups excluding carboxylic acids is 1. The van der Waals surface area contributed by atoms with Gasteiger partial charge in [0.15, 0.2) is 0 Å². The van der Waals surface area contributed by atoms with E-state index in [-0.39, 0.29) is 12.1 Å².